The zero-order chi connectivity index (χ0) is 5.56. The molecule has 2 fully saturated rings. The predicted octanol–water partition coefficient (Wildman–Crippen LogP) is 1.12. The van der Waals surface area contributed by atoms with Gasteiger partial charge < -0.3 is 0 Å². The van der Waals surface area contributed by atoms with Crippen LogP contribution in [0.2, 0.25) is 0 Å². The molecule has 0 spiro atoms. The standard InChI is InChI=1S/C6H10O2/c1-4-5-2-3-6(4)8-7-5/h4-6H,2-3H2,1H3. The molecular weight excluding hydrogens is 104 g/mol. The van der Waals surface area contributed by atoms with Gasteiger partial charge in [0.15, 0.2) is 0 Å². The Morgan fingerprint density at radius 3 is 1.75 bits per heavy atom. The first-order chi connectivity index (χ1) is 3.88. The van der Waals surface area contributed by atoms with Crippen molar-refractivity contribution in [2.45, 2.75) is 32.0 Å². The SMILES string of the molecule is CC1C2CCC1OO2. The molecule has 8 heavy (non-hydrogen) atoms. The van der Waals surface area contributed by atoms with Gasteiger partial charge in [0, 0.05) is 5.92 Å². The van der Waals surface area contributed by atoms with Crippen LogP contribution in [0.4, 0.5) is 0 Å². The van der Waals surface area contributed by atoms with Crippen molar-refractivity contribution in [2.24, 2.45) is 5.92 Å². The molecule has 1 heterocycles. The summed E-state index contributed by atoms with van der Waals surface area (Å²) in [7, 11) is 0. The number of fused-ring (bicyclic) bond motifs is 2. The van der Waals surface area contributed by atoms with Gasteiger partial charge in [-0.2, -0.15) is 0 Å². The van der Waals surface area contributed by atoms with Crippen molar-refractivity contribution in [3.05, 3.63) is 0 Å². The molecule has 2 aliphatic rings. The van der Waals surface area contributed by atoms with Crippen LogP contribution >= 0.6 is 0 Å². The molecule has 46 valence electrons. The Balaban J connectivity index is 2.16. The van der Waals surface area contributed by atoms with E-state index in [0.717, 1.165) is 0 Å². The van der Waals surface area contributed by atoms with Crippen LogP contribution in [0.1, 0.15) is 19.8 Å². The topological polar surface area (TPSA) is 18.5 Å². The zero-order valence-corrected chi connectivity index (χ0v) is 4.96. The maximum atomic E-state index is 4.96. The molecule has 0 aromatic rings. The molecule has 2 unspecified atom stereocenters. The fraction of sp³-hybridized carbons (Fsp3) is 1.00. The normalized spacial score (nSPS) is 52.9. The van der Waals surface area contributed by atoms with Crippen molar-refractivity contribution in [1.29, 1.82) is 0 Å². The minimum Gasteiger partial charge on any atom is -0.233 e. The maximum Gasteiger partial charge on any atom is 0.0982 e. The summed E-state index contributed by atoms with van der Waals surface area (Å²) in [6.45, 7) is 2.19. The van der Waals surface area contributed by atoms with Crippen molar-refractivity contribution in [3.63, 3.8) is 0 Å². The van der Waals surface area contributed by atoms with Crippen LogP contribution in [0.15, 0.2) is 0 Å². The van der Waals surface area contributed by atoms with E-state index < -0.39 is 0 Å². The lowest BCUT2D eigenvalue weighted by molar-refractivity contribution is -0.315. The Hall–Kier alpha value is -0.0800. The van der Waals surface area contributed by atoms with Crippen LogP contribution in [-0.2, 0) is 9.78 Å². The van der Waals surface area contributed by atoms with Gasteiger partial charge in [-0.05, 0) is 12.8 Å². The summed E-state index contributed by atoms with van der Waals surface area (Å²) >= 11 is 0. The van der Waals surface area contributed by atoms with E-state index in [-0.39, 0.29) is 0 Å². The van der Waals surface area contributed by atoms with E-state index in [1.165, 1.54) is 12.8 Å². The lowest BCUT2D eigenvalue weighted by Gasteiger charge is -2.06. The van der Waals surface area contributed by atoms with Crippen molar-refractivity contribution < 1.29 is 9.78 Å². The van der Waals surface area contributed by atoms with Crippen molar-refractivity contribution in [2.75, 3.05) is 0 Å². The van der Waals surface area contributed by atoms with Gasteiger partial charge in [-0.15, -0.1) is 0 Å². The highest BCUT2D eigenvalue weighted by molar-refractivity contribution is 4.85. The molecular formula is C6H10O2. The molecule has 1 saturated carbocycles. The predicted molar refractivity (Wildman–Crippen MR) is 28.1 cm³/mol. The Labute approximate surface area is 48.7 Å². The molecule has 0 aromatic carbocycles. The lowest BCUT2D eigenvalue weighted by Crippen LogP contribution is -2.08. The summed E-state index contributed by atoms with van der Waals surface area (Å²) in [5.41, 5.74) is 0. The second-order valence-corrected chi connectivity index (χ2v) is 2.71. The largest absolute Gasteiger partial charge is 0.233 e. The first kappa shape index (κ1) is 4.77. The van der Waals surface area contributed by atoms with Crippen molar-refractivity contribution >= 4 is 0 Å². The Morgan fingerprint density at radius 1 is 1.12 bits per heavy atom. The van der Waals surface area contributed by atoms with E-state index in [9.17, 15) is 0 Å². The summed E-state index contributed by atoms with van der Waals surface area (Å²) in [5.74, 6) is 0.648. The van der Waals surface area contributed by atoms with E-state index in [4.69, 9.17) is 9.78 Å². The minimum absolute atomic E-state index is 0.417. The molecule has 1 aliphatic carbocycles. The van der Waals surface area contributed by atoms with Crippen LogP contribution in [-0.4, -0.2) is 12.2 Å². The summed E-state index contributed by atoms with van der Waals surface area (Å²) < 4.78 is 0. The van der Waals surface area contributed by atoms with Gasteiger partial charge in [0.25, 0.3) is 0 Å². The monoisotopic (exact) mass is 114 g/mol. The highest BCUT2D eigenvalue weighted by Crippen LogP contribution is 2.37. The van der Waals surface area contributed by atoms with E-state index in [1.807, 2.05) is 0 Å². The molecule has 2 heteroatoms. The van der Waals surface area contributed by atoms with Crippen molar-refractivity contribution in [3.8, 4) is 0 Å². The Kier molecular flexibility index (Phi) is 0.866. The second-order valence-electron chi connectivity index (χ2n) is 2.71. The fourth-order valence-electron chi connectivity index (χ4n) is 1.51. The van der Waals surface area contributed by atoms with Crippen LogP contribution in [0.3, 0.4) is 0 Å². The van der Waals surface area contributed by atoms with Gasteiger partial charge in [-0.25, -0.2) is 9.78 Å². The summed E-state index contributed by atoms with van der Waals surface area (Å²) in [6, 6.07) is 0. The van der Waals surface area contributed by atoms with Crippen LogP contribution < -0.4 is 0 Å². The third-order valence-corrected chi connectivity index (χ3v) is 2.21. The van der Waals surface area contributed by atoms with Gasteiger partial charge in [0.2, 0.25) is 0 Å². The van der Waals surface area contributed by atoms with Gasteiger partial charge in [0.1, 0.15) is 0 Å². The van der Waals surface area contributed by atoms with Gasteiger partial charge in [0.05, 0.1) is 12.2 Å². The highest BCUT2D eigenvalue weighted by Gasteiger charge is 2.41. The minimum atomic E-state index is 0.417. The van der Waals surface area contributed by atoms with Crippen LogP contribution in [0, 0.1) is 5.92 Å². The quantitative estimate of drug-likeness (QED) is 0.439. The molecule has 1 saturated heterocycles. The Morgan fingerprint density at radius 2 is 1.62 bits per heavy atom. The second kappa shape index (κ2) is 1.45. The third kappa shape index (κ3) is 0.446. The summed E-state index contributed by atoms with van der Waals surface area (Å²) in [5, 5.41) is 0. The van der Waals surface area contributed by atoms with Crippen LogP contribution in [0.25, 0.3) is 0 Å². The van der Waals surface area contributed by atoms with Gasteiger partial charge in [-0.1, -0.05) is 6.92 Å². The fourth-order valence-corrected chi connectivity index (χ4v) is 1.51. The van der Waals surface area contributed by atoms with Crippen molar-refractivity contribution in [1.82, 2.24) is 0 Å². The summed E-state index contributed by atoms with van der Waals surface area (Å²) in [4.78, 5) is 9.93. The third-order valence-electron chi connectivity index (χ3n) is 2.21. The maximum absolute atomic E-state index is 4.96. The van der Waals surface area contributed by atoms with E-state index >= 15 is 0 Å². The van der Waals surface area contributed by atoms with Gasteiger partial charge in [-0.3, -0.25) is 0 Å². The van der Waals surface area contributed by atoms with Gasteiger partial charge >= 0.3 is 0 Å². The zero-order valence-electron chi connectivity index (χ0n) is 4.96. The first-order valence-corrected chi connectivity index (χ1v) is 3.20. The number of hydrogen-bond donors (Lipinski definition) is 0. The molecule has 2 bridgehead atoms. The van der Waals surface area contributed by atoms with E-state index in [0.29, 0.717) is 18.1 Å². The lowest BCUT2D eigenvalue weighted by atomic mass is 10.1. The first-order valence-electron chi connectivity index (χ1n) is 3.20. The molecule has 0 aromatic heterocycles. The average molecular weight is 114 g/mol. The molecule has 1 aliphatic heterocycles. The summed E-state index contributed by atoms with van der Waals surface area (Å²) in [6.07, 6.45) is 3.23. The smallest absolute Gasteiger partial charge is 0.0982 e. The number of rotatable bonds is 0. The Bertz CT molecular complexity index is 82.7. The molecule has 2 atom stereocenters. The highest BCUT2D eigenvalue weighted by atomic mass is 17.2. The molecule has 2 rings (SSSR count). The van der Waals surface area contributed by atoms with E-state index in [2.05, 4.69) is 6.92 Å². The molecule has 0 amide bonds. The van der Waals surface area contributed by atoms with Crippen LogP contribution in [0.5, 0.6) is 0 Å². The number of hydrogen-bond acceptors (Lipinski definition) is 2. The average Bonchev–Trinajstić information content (AvgIpc) is 2.29. The van der Waals surface area contributed by atoms with E-state index in [1.54, 1.807) is 0 Å². The molecule has 2 nitrogen and oxygen atoms in total. The molecule has 0 N–H and O–H groups in total. The molecule has 0 radical (unpaired) electrons.